The molecule has 0 aromatic carbocycles. The molecule has 0 unspecified atom stereocenters. The lowest BCUT2D eigenvalue weighted by molar-refractivity contribution is 0.213. The molecule has 0 rings (SSSR count). The van der Waals surface area contributed by atoms with Crippen LogP contribution in [0.3, 0.4) is 0 Å². The highest BCUT2D eigenvalue weighted by Gasteiger charge is 2.18. The normalized spacial score (nSPS) is 4.00. The first-order chi connectivity index (χ1) is 3.13. The summed E-state index contributed by atoms with van der Waals surface area (Å²) in [6.45, 7) is 0. The minimum absolute atomic E-state index is 0. The van der Waals surface area contributed by atoms with Crippen LogP contribution in [0.2, 0.25) is 0 Å². The predicted molar refractivity (Wildman–Crippen MR) is 56.0 cm³/mol. The van der Waals surface area contributed by atoms with Crippen molar-refractivity contribution in [2.45, 2.75) is 0 Å². The first-order valence-corrected chi connectivity index (χ1v) is 1.50. The van der Waals surface area contributed by atoms with Gasteiger partial charge < -0.3 is 71.2 Å². The maximum Gasteiger partial charge on any atom is 0.621 e. The highest BCUT2D eigenvalue weighted by Crippen LogP contribution is 1.73. The van der Waals surface area contributed by atoms with Crippen LogP contribution in [0.15, 0.2) is 0 Å². The molecule has 104 valence electrons. The van der Waals surface area contributed by atoms with Crippen LogP contribution in [0.1, 0.15) is 0 Å². The van der Waals surface area contributed by atoms with E-state index in [0.717, 1.165) is 0 Å². The van der Waals surface area contributed by atoms with Crippen LogP contribution in [-0.2, 0) is 4.57 Å². The maximum absolute atomic E-state index is 7.74. The van der Waals surface area contributed by atoms with E-state index in [4.69, 9.17) is 20.1 Å². The Morgan fingerprint density at radius 2 is 0.667 bits per heavy atom. The van der Waals surface area contributed by atoms with Crippen LogP contribution in [0.25, 0.3) is 0 Å². The van der Waals surface area contributed by atoms with E-state index in [2.05, 4.69) is 4.57 Å². The Morgan fingerprint density at radius 3 is 0.667 bits per heavy atom. The van der Waals surface area contributed by atoms with Crippen molar-refractivity contribution in [3.63, 3.8) is 0 Å². The Kier molecular flexibility index (Phi) is 284. The van der Waals surface area contributed by atoms with Gasteiger partial charge in [0.2, 0.25) is 0 Å². The van der Waals surface area contributed by atoms with Crippen molar-refractivity contribution < 1.29 is 46.6 Å². The van der Waals surface area contributed by atoms with Crippen LogP contribution in [0, 0.1) is 0 Å². The van der Waals surface area contributed by atoms with E-state index < -0.39 is 14.6 Å². The van der Waals surface area contributed by atoms with Crippen LogP contribution in [-0.4, -0.2) is 56.6 Å². The summed E-state index contributed by atoms with van der Waals surface area (Å²) in [6, 6.07) is 0. The number of hydrogen-bond acceptors (Lipinski definition) is 9. The van der Waals surface area contributed by atoms with Gasteiger partial charge in [-0.15, -0.1) is 0 Å². The summed E-state index contributed by atoms with van der Waals surface area (Å²) in [5.74, 6) is 0. The van der Waals surface area contributed by atoms with E-state index in [1.165, 1.54) is 0 Å². The standard InChI is InChI=1S/B2H4O5.4H3N.4H2O/c3-1(4)7-2(5)6;;;;;;;;/h3-6H;4*1H3;4*1H2. The van der Waals surface area contributed by atoms with E-state index in [9.17, 15) is 0 Å². The first-order valence-electron chi connectivity index (χ1n) is 1.50. The zero-order chi connectivity index (χ0) is 5.86. The molecule has 0 aromatic heterocycles. The predicted octanol–water partition coefficient (Wildman–Crippen LogP) is -5.71. The molecule has 0 radical (unpaired) electrons. The average Bonchev–Trinajstić information content (AvgIpc) is 1.27. The smallest absolute Gasteiger partial charge is 0.412 e. The lowest BCUT2D eigenvalue weighted by atomic mass is 10.1. The van der Waals surface area contributed by atoms with E-state index in [1.54, 1.807) is 0 Å². The Labute approximate surface area is 87.0 Å². The molecule has 0 saturated carbocycles. The summed E-state index contributed by atoms with van der Waals surface area (Å²) < 4.78 is 3.47. The van der Waals surface area contributed by atoms with Crippen molar-refractivity contribution in [3.05, 3.63) is 0 Å². The second kappa shape index (κ2) is 49.5. The van der Waals surface area contributed by atoms with Gasteiger partial charge >= 0.3 is 14.6 Å². The van der Waals surface area contributed by atoms with Crippen LogP contribution >= 0.6 is 0 Å². The molecule has 0 fully saturated rings. The quantitative estimate of drug-likeness (QED) is 0.214. The third-order valence-electron chi connectivity index (χ3n) is 0.243. The van der Waals surface area contributed by atoms with E-state index >= 15 is 0 Å². The second-order valence-corrected chi connectivity index (χ2v) is 0.789. The van der Waals surface area contributed by atoms with E-state index in [-0.39, 0.29) is 46.5 Å². The molecule has 24 N–H and O–H groups in total. The van der Waals surface area contributed by atoms with Crippen molar-refractivity contribution in [1.29, 1.82) is 0 Å². The minimum Gasteiger partial charge on any atom is -0.412 e. The van der Waals surface area contributed by atoms with Crippen molar-refractivity contribution in [1.82, 2.24) is 24.6 Å². The summed E-state index contributed by atoms with van der Waals surface area (Å²) in [7, 11) is -4.25. The first kappa shape index (κ1) is 86.0. The third kappa shape index (κ3) is 141. The number of hydrogen-bond donors (Lipinski definition) is 8. The summed E-state index contributed by atoms with van der Waals surface area (Å²) in [5, 5.41) is 30.9. The highest BCUT2D eigenvalue weighted by atomic mass is 16.7. The fraction of sp³-hybridized carbons (Fsp3) is 0. The molecule has 0 aliphatic heterocycles. The molecular formula is H24B2N4O9. The molecule has 0 saturated heterocycles. The van der Waals surface area contributed by atoms with Crippen LogP contribution < -0.4 is 24.6 Å². The molecule has 0 amide bonds. The molecule has 0 atom stereocenters. The molecule has 0 spiro atoms. The molecular weight excluding hydrogens is 222 g/mol. The zero-order valence-electron chi connectivity index (χ0n) is 8.18. The zero-order valence-corrected chi connectivity index (χ0v) is 8.18. The second-order valence-electron chi connectivity index (χ2n) is 0.789. The summed E-state index contributed by atoms with van der Waals surface area (Å²) in [6.07, 6.45) is 0. The van der Waals surface area contributed by atoms with Gasteiger partial charge in [-0.2, -0.15) is 0 Å². The van der Waals surface area contributed by atoms with Gasteiger partial charge in [0.15, 0.2) is 0 Å². The Morgan fingerprint density at radius 1 is 0.533 bits per heavy atom. The van der Waals surface area contributed by atoms with Crippen molar-refractivity contribution in [2.24, 2.45) is 0 Å². The topological polar surface area (TPSA) is 356 Å². The molecule has 0 aliphatic rings. The van der Waals surface area contributed by atoms with Crippen molar-refractivity contribution in [3.8, 4) is 0 Å². The summed E-state index contributed by atoms with van der Waals surface area (Å²) in [4.78, 5) is 0. The molecule has 13 nitrogen and oxygen atoms in total. The van der Waals surface area contributed by atoms with Crippen molar-refractivity contribution >= 4 is 14.6 Å². The van der Waals surface area contributed by atoms with Gasteiger partial charge in [0.25, 0.3) is 0 Å². The minimum atomic E-state index is -2.13. The molecule has 0 heterocycles. The van der Waals surface area contributed by atoms with Crippen molar-refractivity contribution in [2.75, 3.05) is 0 Å². The fourth-order valence-electron chi connectivity index (χ4n) is 0.109. The summed E-state index contributed by atoms with van der Waals surface area (Å²) in [5.41, 5.74) is 0. The Bertz CT molecular complexity index is 49.4. The largest absolute Gasteiger partial charge is 0.621 e. The number of rotatable bonds is 2. The van der Waals surface area contributed by atoms with E-state index in [1.807, 2.05) is 0 Å². The molecule has 0 bridgehead atoms. The van der Waals surface area contributed by atoms with Gasteiger partial charge in [-0.3, -0.25) is 0 Å². The SMILES string of the molecule is N.N.N.N.O.O.O.O.OB(O)OB(O)O. The van der Waals surface area contributed by atoms with Gasteiger partial charge in [-0.1, -0.05) is 0 Å². The monoisotopic (exact) mass is 246 g/mol. The van der Waals surface area contributed by atoms with Crippen LogP contribution in [0.5, 0.6) is 0 Å². The lowest BCUT2D eigenvalue weighted by Crippen LogP contribution is -2.28. The maximum atomic E-state index is 7.74. The fourth-order valence-corrected chi connectivity index (χ4v) is 0.109. The van der Waals surface area contributed by atoms with Gasteiger partial charge in [-0.25, -0.2) is 0 Å². The Hall–Kier alpha value is -0.390. The molecule has 15 heteroatoms. The third-order valence-corrected chi connectivity index (χ3v) is 0.243. The van der Waals surface area contributed by atoms with Crippen LogP contribution in [0.4, 0.5) is 0 Å². The average molecular weight is 246 g/mol. The van der Waals surface area contributed by atoms with Gasteiger partial charge in [0.1, 0.15) is 0 Å². The lowest BCUT2D eigenvalue weighted by Gasteiger charge is -1.95. The Balaban J connectivity index is -0.00000000643. The van der Waals surface area contributed by atoms with Gasteiger partial charge in [-0.05, 0) is 0 Å². The van der Waals surface area contributed by atoms with Gasteiger partial charge in [0, 0.05) is 0 Å². The summed E-state index contributed by atoms with van der Waals surface area (Å²) >= 11 is 0. The highest BCUT2D eigenvalue weighted by molar-refractivity contribution is 6.48. The van der Waals surface area contributed by atoms with E-state index in [0.29, 0.717) is 0 Å². The molecule has 0 aromatic rings. The molecule has 0 aliphatic carbocycles. The molecule has 15 heavy (non-hydrogen) atoms. The van der Waals surface area contributed by atoms with Gasteiger partial charge in [0.05, 0.1) is 0 Å².